The van der Waals surface area contributed by atoms with E-state index in [1.807, 2.05) is 0 Å². The maximum absolute atomic E-state index is 13.0. The molecule has 0 bridgehead atoms. The first-order valence-electron chi connectivity index (χ1n) is 10.4. The van der Waals surface area contributed by atoms with Crippen LogP contribution in [0.25, 0.3) is 5.76 Å². The lowest BCUT2D eigenvalue weighted by molar-refractivity contribution is -0.384. The van der Waals surface area contributed by atoms with Crippen LogP contribution in [0.1, 0.15) is 17.2 Å². The number of carbonyl (C=O) groups is 2. The fraction of sp³-hybridized carbons (Fsp3) is 0.304. The van der Waals surface area contributed by atoms with E-state index in [9.17, 15) is 24.8 Å². The summed E-state index contributed by atoms with van der Waals surface area (Å²) in [4.78, 5) is 40.3. The quantitative estimate of drug-likeness (QED) is 0.243. The number of ketones is 1. The van der Waals surface area contributed by atoms with E-state index in [1.165, 1.54) is 23.1 Å². The lowest BCUT2D eigenvalue weighted by Gasteiger charge is -2.31. The Kier molecular flexibility index (Phi) is 6.29. The number of nitro benzene ring substituents is 1. The van der Waals surface area contributed by atoms with Crippen LogP contribution < -0.4 is 0 Å². The van der Waals surface area contributed by atoms with Gasteiger partial charge in [-0.3, -0.25) is 24.6 Å². The Bertz CT molecular complexity index is 1060. The molecule has 1 N–H and O–H groups in total. The number of Topliss-reactive ketones (excluding diaryl/α,β-unsaturated/α-hetero) is 1. The van der Waals surface area contributed by atoms with Crippen LogP contribution >= 0.6 is 0 Å². The molecule has 32 heavy (non-hydrogen) atoms. The molecule has 1 atom stereocenters. The molecule has 1 amide bonds. The summed E-state index contributed by atoms with van der Waals surface area (Å²) in [5, 5.41) is 22.3. The van der Waals surface area contributed by atoms with E-state index >= 15 is 0 Å². The second kappa shape index (κ2) is 9.29. The zero-order valence-electron chi connectivity index (χ0n) is 17.3. The number of aliphatic hydroxyl groups is 1. The number of nitrogens with zero attached hydrogens (tertiary/aromatic N) is 3. The minimum atomic E-state index is -0.920. The smallest absolute Gasteiger partial charge is 0.295 e. The SMILES string of the molecule is O=C1C(=O)N(CCN2CCOCC2)[C@@H](c2cccc([N+](=O)[O-])c2)/C1=C(\O)c1ccccc1. The number of amides is 1. The molecule has 2 fully saturated rings. The van der Waals surface area contributed by atoms with Crippen LogP contribution in [0.4, 0.5) is 5.69 Å². The average Bonchev–Trinajstić information content (AvgIpc) is 3.08. The summed E-state index contributed by atoms with van der Waals surface area (Å²) in [7, 11) is 0. The number of morpholine rings is 1. The van der Waals surface area contributed by atoms with Crippen molar-refractivity contribution in [1.82, 2.24) is 9.80 Å². The Labute approximate surface area is 184 Å². The van der Waals surface area contributed by atoms with Gasteiger partial charge in [0.2, 0.25) is 0 Å². The summed E-state index contributed by atoms with van der Waals surface area (Å²) in [5.74, 6) is -1.83. The van der Waals surface area contributed by atoms with Gasteiger partial charge in [-0.15, -0.1) is 0 Å². The monoisotopic (exact) mass is 437 g/mol. The van der Waals surface area contributed by atoms with E-state index in [0.717, 1.165) is 13.1 Å². The number of ether oxygens (including phenoxy) is 1. The number of hydrogen-bond acceptors (Lipinski definition) is 7. The molecule has 2 aliphatic heterocycles. The molecular weight excluding hydrogens is 414 g/mol. The van der Waals surface area contributed by atoms with Crippen LogP contribution in [0, 0.1) is 10.1 Å². The Morgan fingerprint density at radius 3 is 2.47 bits per heavy atom. The molecule has 4 rings (SSSR count). The maximum Gasteiger partial charge on any atom is 0.295 e. The molecule has 9 heteroatoms. The predicted molar refractivity (Wildman–Crippen MR) is 116 cm³/mol. The average molecular weight is 437 g/mol. The van der Waals surface area contributed by atoms with Crippen molar-refractivity contribution in [3.63, 3.8) is 0 Å². The number of hydrogen-bond donors (Lipinski definition) is 1. The summed E-state index contributed by atoms with van der Waals surface area (Å²) >= 11 is 0. The highest BCUT2D eigenvalue weighted by atomic mass is 16.6. The summed E-state index contributed by atoms with van der Waals surface area (Å²) in [6, 6.07) is 13.4. The van der Waals surface area contributed by atoms with Crippen molar-refractivity contribution in [3.8, 4) is 0 Å². The minimum absolute atomic E-state index is 0.0660. The van der Waals surface area contributed by atoms with Crippen LogP contribution in [-0.4, -0.2) is 70.9 Å². The van der Waals surface area contributed by atoms with Crippen molar-refractivity contribution in [2.24, 2.45) is 0 Å². The highest BCUT2D eigenvalue weighted by molar-refractivity contribution is 6.46. The Morgan fingerprint density at radius 2 is 1.78 bits per heavy atom. The summed E-state index contributed by atoms with van der Waals surface area (Å²) in [5.41, 5.74) is 0.580. The fourth-order valence-corrected chi connectivity index (χ4v) is 4.09. The molecule has 2 aromatic rings. The molecule has 2 heterocycles. The van der Waals surface area contributed by atoms with Crippen molar-refractivity contribution < 1.29 is 24.4 Å². The molecule has 0 saturated carbocycles. The lowest BCUT2D eigenvalue weighted by Crippen LogP contribution is -2.42. The van der Waals surface area contributed by atoms with Crippen molar-refractivity contribution in [2.45, 2.75) is 6.04 Å². The van der Waals surface area contributed by atoms with Gasteiger partial charge in [0.1, 0.15) is 5.76 Å². The van der Waals surface area contributed by atoms with Gasteiger partial charge < -0.3 is 14.7 Å². The van der Waals surface area contributed by atoms with Gasteiger partial charge >= 0.3 is 0 Å². The van der Waals surface area contributed by atoms with E-state index in [1.54, 1.807) is 36.4 Å². The molecule has 0 aromatic heterocycles. The molecule has 9 nitrogen and oxygen atoms in total. The van der Waals surface area contributed by atoms with E-state index in [-0.39, 0.29) is 23.6 Å². The number of nitro groups is 1. The second-order valence-corrected chi connectivity index (χ2v) is 7.66. The molecule has 2 aromatic carbocycles. The largest absolute Gasteiger partial charge is 0.507 e. The van der Waals surface area contributed by atoms with Gasteiger partial charge in [0.25, 0.3) is 17.4 Å². The third-order valence-electron chi connectivity index (χ3n) is 5.74. The molecule has 0 aliphatic carbocycles. The number of aliphatic hydroxyl groups excluding tert-OH is 1. The Morgan fingerprint density at radius 1 is 1.06 bits per heavy atom. The first-order chi connectivity index (χ1) is 15.5. The van der Waals surface area contributed by atoms with Gasteiger partial charge in [-0.1, -0.05) is 42.5 Å². The van der Waals surface area contributed by atoms with Crippen molar-refractivity contribution in [3.05, 3.63) is 81.4 Å². The standard InChI is InChI=1S/C23H23N3O6/c27-21(16-5-2-1-3-6-16)19-20(17-7-4-8-18(15-17)26(30)31)25(23(29)22(19)28)10-9-24-11-13-32-14-12-24/h1-8,15,20,27H,9-14H2/b21-19+/t20-/m0/s1. The minimum Gasteiger partial charge on any atom is -0.507 e. The van der Waals surface area contributed by atoms with Gasteiger partial charge in [-0.2, -0.15) is 0 Å². The van der Waals surface area contributed by atoms with Crippen LogP contribution in [0.3, 0.4) is 0 Å². The zero-order valence-corrected chi connectivity index (χ0v) is 17.3. The number of benzene rings is 2. The highest BCUT2D eigenvalue weighted by Crippen LogP contribution is 2.40. The molecule has 0 spiro atoms. The predicted octanol–water partition coefficient (Wildman–Crippen LogP) is 2.35. The number of carbonyl (C=O) groups excluding carboxylic acids is 2. The van der Waals surface area contributed by atoms with E-state index in [0.29, 0.717) is 30.9 Å². The van der Waals surface area contributed by atoms with Gasteiger partial charge in [0.05, 0.1) is 29.8 Å². The van der Waals surface area contributed by atoms with Crippen LogP contribution in [0.2, 0.25) is 0 Å². The molecule has 0 radical (unpaired) electrons. The normalized spacial score (nSPS) is 21.1. The van der Waals surface area contributed by atoms with Gasteiger partial charge in [0, 0.05) is 43.9 Å². The lowest BCUT2D eigenvalue weighted by atomic mass is 9.95. The van der Waals surface area contributed by atoms with Crippen LogP contribution in [0.5, 0.6) is 0 Å². The third-order valence-corrected chi connectivity index (χ3v) is 5.74. The number of rotatable bonds is 6. The second-order valence-electron chi connectivity index (χ2n) is 7.66. The first-order valence-corrected chi connectivity index (χ1v) is 10.4. The Hall–Kier alpha value is -3.56. The molecule has 0 unspecified atom stereocenters. The summed E-state index contributed by atoms with van der Waals surface area (Å²) < 4.78 is 5.35. The van der Waals surface area contributed by atoms with Crippen molar-refractivity contribution in [1.29, 1.82) is 0 Å². The number of non-ortho nitro benzene ring substituents is 1. The van der Waals surface area contributed by atoms with E-state index in [4.69, 9.17) is 4.74 Å². The van der Waals surface area contributed by atoms with Crippen molar-refractivity contribution >= 4 is 23.1 Å². The number of likely N-dealkylation sites (tertiary alicyclic amines) is 1. The summed E-state index contributed by atoms with van der Waals surface area (Å²) in [6.45, 7) is 3.39. The Balaban J connectivity index is 1.76. The summed E-state index contributed by atoms with van der Waals surface area (Å²) in [6.07, 6.45) is 0. The zero-order chi connectivity index (χ0) is 22.7. The van der Waals surface area contributed by atoms with E-state index < -0.39 is 22.7 Å². The molecule has 2 aliphatic rings. The molecule has 166 valence electrons. The highest BCUT2D eigenvalue weighted by Gasteiger charge is 2.46. The van der Waals surface area contributed by atoms with Crippen molar-refractivity contribution in [2.75, 3.05) is 39.4 Å². The van der Waals surface area contributed by atoms with Gasteiger partial charge in [-0.05, 0) is 5.56 Å². The first kappa shape index (κ1) is 21.7. The van der Waals surface area contributed by atoms with Crippen LogP contribution in [0.15, 0.2) is 60.2 Å². The fourth-order valence-electron chi connectivity index (χ4n) is 4.09. The van der Waals surface area contributed by atoms with E-state index in [2.05, 4.69) is 4.90 Å². The molecule has 2 saturated heterocycles. The van der Waals surface area contributed by atoms with Gasteiger partial charge in [0.15, 0.2) is 0 Å². The van der Waals surface area contributed by atoms with Crippen LogP contribution in [-0.2, 0) is 14.3 Å². The topological polar surface area (TPSA) is 113 Å². The maximum atomic E-state index is 13.0. The molecular formula is C23H23N3O6. The third kappa shape index (κ3) is 4.25. The van der Waals surface area contributed by atoms with Gasteiger partial charge in [-0.25, -0.2) is 0 Å².